The van der Waals surface area contributed by atoms with Crippen LogP contribution in [0.1, 0.15) is 10.4 Å². The molecule has 0 saturated carbocycles. The lowest BCUT2D eigenvalue weighted by Crippen LogP contribution is -2.14. The molecule has 0 aliphatic heterocycles. The monoisotopic (exact) mass is 316 g/mol. The van der Waals surface area contributed by atoms with E-state index in [1.807, 2.05) is 0 Å². The summed E-state index contributed by atoms with van der Waals surface area (Å²) in [6.07, 6.45) is 0. The Balaban J connectivity index is 2.23. The third-order valence-corrected chi connectivity index (χ3v) is 3.96. The van der Waals surface area contributed by atoms with E-state index in [1.54, 1.807) is 0 Å². The van der Waals surface area contributed by atoms with Crippen molar-refractivity contribution in [1.82, 2.24) is 0 Å². The topological polar surface area (TPSA) is 34.1 Å². The van der Waals surface area contributed by atoms with Gasteiger partial charge in [-0.2, -0.15) is 0 Å². The Morgan fingerprint density at radius 2 is 1.52 bits per heavy atom. The number of carbonyl (C=O) groups excluding carboxylic acids is 1. The predicted octanol–water partition coefficient (Wildman–Crippen LogP) is 3.23. The van der Waals surface area contributed by atoms with E-state index < -0.39 is 56.1 Å². The summed E-state index contributed by atoms with van der Waals surface area (Å²) in [5.41, 5.74) is -0.457. The zero-order valence-electron chi connectivity index (χ0n) is 10.4. The second kappa shape index (κ2) is 6.17. The van der Waals surface area contributed by atoms with Crippen molar-refractivity contribution in [1.29, 1.82) is 0 Å². The van der Waals surface area contributed by atoms with Crippen molar-refractivity contribution in [2.45, 2.75) is 4.90 Å². The lowest BCUT2D eigenvalue weighted by Gasteiger charge is -2.05. The minimum atomic E-state index is -2.17. The first-order valence-electron chi connectivity index (χ1n) is 5.70. The van der Waals surface area contributed by atoms with Crippen molar-refractivity contribution in [2.24, 2.45) is 0 Å². The predicted molar refractivity (Wildman–Crippen MR) is 68.3 cm³/mol. The summed E-state index contributed by atoms with van der Waals surface area (Å²) in [5, 5.41) is 0. The van der Waals surface area contributed by atoms with Gasteiger partial charge in [-0.3, -0.25) is 9.00 Å². The molecule has 2 nitrogen and oxygen atoms in total. The zero-order chi connectivity index (χ0) is 15.6. The molecule has 2 aromatic rings. The largest absolute Gasteiger partial charge is 0.293 e. The van der Waals surface area contributed by atoms with Gasteiger partial charge in [-0.25, -0.2) is 17.6 Å². The standard InChI is InChI=1S/C14H8F4O2S/c15-8-1-3-10(12(18)5-8)13(19)7-21(20)14-6-9(16)2-4-11(14)17/h1-6H,7H2. The summed E-state index contributed by atoms with van der Waals surface area (Å²) in [6.45, 7) is 0. The summed E-state index contributed by atoms with van der Waals surface area (Å²) in [5.74, 6) is -5.32. The minimum absolute atomic E-state index is 0.457. The quantitative estimate of drug-likeness (QED) is 0.641. The van der Waals surface area contributed by atoms with Crippen LogP contribution in [-0.4, -0.2) is 15.7 Å². The maximum absolute atomic E-state index is 13.4. The van der Waals surface area contributed by atoms with E-state index in [9.17, 15) is 26.6 Å². The number of hydrogen-bond acceptors (Lipinski definition) is 2. The fourth-order valence-electron chi connectivity index (χ4n) is 1.64. The molecule has 0 amide bonds. The van der Waals surface area contributed by atoms with Gasteiger partial charge >= 0.3 is 0 Å². The van der Waals surface area contributed by atoms with Gasteiger partial charge in [-0.15, -0.1) is 0 Å². The SMILES string of the molecule is O=C(CS(=O)c1cc(F)ccc1F)c1ccc(F)cc1F. The zero-order valence-corrected chi connectivity index (χ0v) is 11.2. The van der Waals surface area contributed by atoms with Gasteiger partial charge in [-0.1, -0.05) is 0 Å². The number of halogens is 4. The van der Waals surface area contributed by atoms with Crippen LogP contribution in [-0.2, 0) is 10.8 Å². The number of hydrogen-bond donors (Lipinski definition) is 0. The van der Waals surface area contributed by atoms with Gasteiger partial charge in [0.1, 0.15) is 23.3 Å². The second-order valence-electron chi connectivity index (χ2n) is 4.11. The van der Waals surface area contributed by atoms with Crippen LogP contribution in [0.5, 0.6) is 0 Å². The molecular formula is C14H8F4O2S. The number of benzene rings is 2. The van der Waals surface area contributed by atoms with Crippen LogP contribution in [0.15, 0.2) is 41.3 Å². The molecule has 21 heavy (non-hydrogen) atoms. The van der Waals surface area contributed by atoms with Gasteiger partial charge in [0.2, 0.25) is 0 Å². The highest BCUT2D eigenvalue weighted by Crippen LogP contribution is 2.17. The molecule has 0 aliphatic carbocycles. The van der Waals surface area contributed by atoms with Crippen LogP contribution < -0.4 is 0 Å². The molecule has 0 heterocycles. The summed E-state index contributed by atoms with van der Waals surface area (Å²) in [7, 11) is -2.17. The molecule has 7 heteroatoms. The molecule has 1 atom stereocenters. The van der Waals surface area contributed by atoms with Gasteiger partial charge in [0, 0.05) is 6.07 Å². The highest BCUT2D eigenvalue weighted by Gasteiger charge is 2.19. The Hall–Kier alpha value is -2.02. The molecule has 2 rings (SSSR count). The Labute approximate surface area is 119 Å². The van der Waals surface area contributed by atoms with Gasteiger partial charge in [0.25, 0.3) is 0 Å². The molecule has 0 aromatic heterocycles. The van der Waals surface area contributed by atoms with E-state index >= 15 is 0 Å². The van der Waals surface area contributed by atoms with E-state index in [4.69, 9.17) is 0 Å². The molecule has 1 unspecified atom stereocenters. The Morgan fingerprint density at radius 3 is 2.19 bits per heavy atom. The Morgan fingerprint density at radius 1 is 0.905 bits per heavy atom. The number of Topliss-reactive ketones (excluding diaryl/α,β-unsaturated/α-hetero) is 1. The summed E-state index contributed by atoms with van der Waals surface area (Å²) in [6, 6.07) is 4.63. The van der Waals surface area contributed by atoms with Crippen molar-refractivity contribution in [3.05, 3.63) is 65.2 Å². The Kier molecular flexibility index (Phi) is 4.52. The van der Waals surface area contributed by atoms with Crippen LogP contribution in [0.4, 0.5) is 17.6 Å². The van der Waals surface area contributed by atoms with Crippen molar-refractivity contribution in [2.75, 3.05) is 5.75 Å². The van der Waals surface area contributed by atoms with Crippen LogP contribution in [0.2, 0.25) is 0 Å². The highest BCUT2D eigenvalue weighted by molar-refractivity contribution is 7.85. The summed E-state index contributed by atoms with van der Waals surface area (Å²) in [4.78, 5) is 11.3. The first-order valence-corrected chi connectivity index (χ1v) is 7.02. The van der Waals surface area contributed by atoms with Gasteiger partial charge in [-0.05, 0) is 30.3 Å². The fourth-order valence-corrected chi connectivity index (χ4v) is 2.72. The van der Waals surface area contributed by atoms with Gasteiger partial charge in [0.05, 0.1) is 27.0 Å². The van der Waals surface area contributed by atoms with E-state index in [-0.39, 0.29) is 0 Å². The van der Waals surface area contributed by atoms with Crippen LogP contribution in [0.3, 0.4) is 0 Å². The van der Waals surface area contributed by atoms with Gasteiger partial charge in [0.15, 0.2) is 5.78 Å². The van der Waals surface area contributed by atoms with Crippen molar-refractivity contribution >= 4 is 16.6 Å². The smallest absolute Gasteiger partial charge is 0.178 e. The third kappa shape index (κ3) is 3.55. The summed E-state index contributed by atoms with van der Waals surface area (Å²) >= 11 is 0. The first kappa shape index (κ1) is 15.4. The first-order chi connectivity index (χ1) is 9.88. The molecule has 0 fully saturated rings. The van der Waals surface area contributed by atoms with Crippen molar-refractivity contribution < 1.29 is 26.6 Å². The highest BCUT2D eigenvalue weighted by atomic mass is 32.2. The average molecular weight is 316 g/mol. The van der Waals surface area contributed by atoms with Crippen LogP contribution >= 0.6 is 0 Å². The molecule has 0 N–H and O–H groups in total. The van der Waals surface area contributed by atoms with E-state index in [0.29, 0.717) is 12.1 Å². The maximum atomic E-state index is 13.4. The second-order valence-corrected chi connectivity index (χ2v) is 5.53. The van der Waals surface area contributed by atoms with Crippen LogP contribution in [0.25, 0.3) is 0 Å². The Bertz CT molecular complexity index is 731. The molecule has 0 bridgehead atoms. The molecular weight excluding hydrogens is 308 g/mol. The molecule has 0 saturated heterocycles. The van der Waals surface area contributed by atoms with Gasteiger partial charge < -0.3 is 0 Å². The third-order valence-electron chi connectivity index (χ3n) is 2.63. The van der Waals surface area contributed by atoms with Crippen LogP contribution in [0, 0.1) is 23.3 Å². The van der Waals surface area contributed by atoms with Crippen molar-refractivity contribution in [3.63, 3.8) is 0 Å². The molecule has 0 spiro atoms. The normalized spacial score (nSPS) is 12.2. The maximum Gasteiger partial charge on any atom is 0.178 e. The van der Waals surface area contributed by atoms with E-state index in [0.717, 1.165) is 24.3 Å². The van der Waals surface area contributed by atoms with E-state index in [1.165, 1.54) is 0 Å². The minimum Gasteiger partial charge on any atom is -0.293 e. The lowest BCUT2D eigenvalue weighted by atomic mass is 10.1. The number of ketones is 1. The molecule has 110 valence electrons. The number of rotatable bonds is 4. The molecule has 0 radical (unpaired) electrons. The lowest BCUT2D eigenvalue weighted by molar-refractivity contribution is 0.101. The molecule has 2 aromatic carbocycles. The van der Waals surface area contributed by atoms with Crippen molar-refractivity contribution in [3.8, 4) is 0 Å². The average Bonchev–Trinajstić information content (AvgIpc) is 2.41. The van der Waals surface area contributed by atoms with E-state index in [2.05, 4.69) is 0 Å². The number of carbonyl (C=O) groups is 1. The molecule has 0 aliphatic rings. The fraction of sp³-hybridized carbons (Fsp3) is 0.0714. The summed E-state index contributed by atoms with van der Waals surface area (Å²) < 4.78 is 64.4.